The van der Waals surface area contributed by atoms with Crippen LogP contribution in [0.4, 0.5) is 0 Å². The van der Waals surface area contributed by atoms with Crippen molar-refractivity contribution in [2.45, 2.75) is 25.7 Å². The number of rotatable bonds is 1. The number of nitrogens with zero attached hydrogens (tertiary/aromatic N) is 3. The summed E-state index contributed by atoms with van der Waals surface area (Å²) >= 11 is 0. The SMILES string of the molecule is Cc1cc(C2CC2)nc2nc3ccccc3n12. The molecule has 84 valence electrons. The van der Waals surface area contributed by atoms with Crippen LogP contribution in [0.5, 0.6) is 0 Å². The number of imidazole rings is 1. The van der Waals surface area contributed by atoms with Gasteiger partial charge in [0.05, 0.1) is 11.0 Å². The topological polar surface area (TPSA) is 30.2 Å². The Labute approximate surface area is 99.1 Å². The van der Waals surface area contributed by atoms with Crippen LogP contribution in [0.25, 0.3) is 16.8 Å². The van der Waals surface area contributed by atoms with Crippen LogP contribution >= 0.6 is 0 Å². The molecule has 0 radical (unpaired) electrons. The Morgan fingerprint density at radius 2 is 2.00 bits per heavy atom. The molecule has 3 aromatic rings. The van der Waals surface area contributed by atoms with Crippen LogP contribution in [0.15, 0.2) is 30.3 Å². The van der Waals surface area contributed by atoms with Crippen molar-refractivity contribution < 1.29 is 0 Å². The van der Waals surface area contributed by atoms with Gasteiger partial charge in [-0.3, -0.25) is 4.40 Å². The number of para-hydroxylation sites is 2. The van der Waals surface area contributed by atoms with E-state index in [9.17, 15) is 0 Å². The molecule has 2 aromatic heterocycles. The molecule has 0 aliphatic heterocycles. The summed E-state index contributed by atoms with van der Waals surface area (Å²) in [5.74, 6) is 1.52. The van der Waals surface area contributed by atoms with Gasteiger partial charge in [-0.1, -0.05) is 12.1 Å². The summed E-state index contributed by atoms with van der Waals surface area (Å²) in [4.78, 5) is 9.29. The van der Waals surface area contributed by atoms with Crippen LogP contribution in [0, 0.1) is 6.92 Å². The van der Waals surface area contributed by atoms with Gasteiger partial charge in [0.1, 0.15) is 0 Å². The summed E-state index contributed by atoms with van der Waals surface area (Å²) in [7, 11) is 0. The quantitative estimate of drug-likeness (QED) is 0.634. The summed E-state index contributed by atoms with van der Waals surface area (Å²) in [5.41, 5.74) is 4.61. The molecule has 0 N–H and O–H groups in total. The third-order valence-electron chi connectivity index (χ3n) is 3.48. The van der Waals surface area contributed by atoms with Crippen molar-refractivity contribution in [3.63, 3.8) is 0 Å². The van der Waals surface area contributed by atoms with E-state index in [0.717, 1.165) is 16.8 Å². The van der Waals surface area contributed by atoms with Gasteiger partial charge in [0, 0.05) is 17.3 Å². The second kappa shape index (κ2) is 3.06. The molecule has 17 heavy (non-hydrogen) atoms. The number of aromatic nitrogens is 3. The molecule has 2 heterocycles. The fourth-order valence-electron chi connectivity index (χ4n) is 2.45. The summed E-state index contributed by atoms with van der Waals surface area (Å²) in [5, 5.41) is 0. The Bertz CT molecular complexity index is 723. The van der Waals surface area contributed by atoms with Crippen molar-refractivity contribution in [1.29, 1.82) is 0 Å². The molecule has 0 amide bonds. The van der Waals surface area contributed by atoms with Gasteiger partial charge in [0.25, 0.3) is 0 Å². The van der Waals surface area contributed by atoms with Crippen molar-refractivity contribution >= 4 is 16.8 Å². The molecule has 4 rings (SSSR count). The molecule has 0 spiro atoms. The molecular formula is C14H13N3. The zero-order valence-electron chi connectivity index (χ0n) is 9.72. The van der Waals surface area contributed by atoms with Crippen LogP contribution in [0.1, 0.15) is 30.1 Å². The molecule has 0 unspecified atom stereocenters. The molecule has 3 nitrogen and oxygen atoms in total. The van der Waals surface area contributed by atoms with Crippen LogP contribution in [0.3, 0.4) is 0 Å². The van der Waals surface area contributed by atoms with Gasteiger partial charge >= 0.3 is 0 Å². The van der Waals surface area contributed by atoms with Gasteiger partial charge in [-0.15, -0.1) is 0 Å². The molecule has 0 saturated heterocycles. The second-order valence-corrected chi connectivity index (χ2v) is 4.83. The predicted molar refractivity (Wildman–Crippen MR) is 67.2 cm³/mol. The minimum Gasteiger partial charge on any atom is -0.281 e. The van der Waals surface area contributed by atoms with E-state index in [-0.39, 0.29) is 0 Å². The van der Waals surface area contributed by atoms with Crippen molar-refractivity contribution in [3.05, 3.63) is 41.7 Å². The van der Waals surface area contributed by atoms with Crippen molar-refractivity contribution in [2.24, 2.45) is 0 Å². The van der Waals surface area contributed by atoms with Crippen molar-refractivity contribution in [3.8, 4) is 0 Å². The van der Waals surface area contributed by atoms with Crippen molar-refractivity contribution in [1.82, 2.24) is 14.4 Å². The van der Waals surface area contributed by atoms with Gasteiger partial charge in [-0.2, -0.15) is 0 Å². The molecule has 1 aliphatic carbocycles. The summed E-state index contributed by atoms with van der Waals surface area (Å²) < 4.78 is 2.14. The third kappa shape index (κ3) is 1.28. The lowest BCUT2D eigenvalue weighted by atomic mass is 10.2. The highest BCUT2D eigenvalue weighted by Gasteiger charge is 2.26. The van der Waals surface area contributed by atoms with E-state index in [0.29, 0.717) is 5.92 Å². The molecule has 1 aromatic carbocycles. The number of benzene rings is 1. The van der Waals surface area contributed by atoms with Crippen molar-refractivity contribution in [2.75, 3.05) is 0 Å². The maximum Gasteiger partial charge on any atom is 0.235 e. The summed E-state index contributed by atoms with van der Waals surface area (Å²) in [6.07, 6.45) is 2.56. The zero-order chi connectivity index (χ0) is 11.4. The highest BCUT2D eigenvalue weighted by molar-refractivity contribution is 5.79. The molecule has 1 aliphatic rings. The maximum absolute atomic E-state index is 4.69. The minimum atomic E-state index is 0.679. The van der Waals surface area contributed by atoms with E-state index >= 15 is 0 Å². The zero-order valence-corrected chi connectivity index (χ0v) is 9.72. The highest BCUT2D eigenvalue weighted by atomic mass is 15.1. The lowest BCUT2D eigenvalue weighted by Gasteiger charge is -2.03. The fourth-order valence-corrected chi connectivity index (χ4v) is 2.45. The van der Waals surface area contributed by atoms with Gasteiger partial charge in [0.2, 0.25) is 5.78 Å². The van der Waals surface area contributed by atoms with E-state index in [1.807, 2.05) is 18.2 Å². The molecule has 1 fully saturated rings. The Hall–Kier alpha value is -1.90. The molecule has 0 atom stereocenters. The molecular weight excluding hydrogens is 210 g/mol. The van der Waals surface area contributed by atoms with Gasteiger partial charge in [-0.25, -0.2) is 9.97 Å². The number of fused-ring (bicyclic) bond motifs is 3. The lowest BCUT2D eigenvalue weighted by molar-refractivity contribution is 0.964. The normalized spacial score (nSPS) is 15.8. The lowest BCUT2D eigenvalue weighted by Crippen LogP contribution is -1.97. The molecule has 1 saturated carbocycles. The standard InChI is InChI=1S/C14H13N3/c1-9-8-12(10-6-7-10)16-14-15-11-4-2-3-5-13(11)17(9)14/h2-5,8,10H,6-7H2,1H3. The Morgan fingerprint density at radius 1 is 1.18 bits per heavy atom. The highest BCUT2D eigenvalue weighted by Crippen LogP contribution is 2.39. The average Bonchev–Trinajstić information content (AvgIpc) is 3.09. The largest absolute Gasteiger partial charge is 0.281 e. The van der Waals surface area contributed by atoms with E-state index in [1.54, 1.807) is 0 Å². The van der Waals surface area contributed by atoms with E-state index < -0.39 is 0 Å². The van der Waals surface area contributed by atoms with Gasteiger partial charge < -0.3 is 0 Å². The Morgan fingerprint density at radius 3 is 2.82 bits per heavy atom. The Balaban J connectivity index is 2.12. The van der Waals surface area contributed by atoms with E-state index in [1.165, 1.54) is 24.2 Å². The van der Waals surface area contributed by atoms with Crippen LogP contribution in [-0.4, -0.2) is 14.4 Å². The van der Waals surface area contributed by atoms with Gasteiger partial charge in [-0.05, 0) is 38.0 Å². The number of aryl methyl sites for hydroxylation is 1. The first-order valence-electron chi connectivity index (χ1n) is 6.08. The first-order chi connectivity index (χ1) is 8.33. The van der Waals surface area contributed by atoms with Crippen LogP contribution in [-0.2, 0) is 0 Å². The average molecular weight is 223 g/mol. The molecule has 3 heteroatoms. The summed E-state index contributed by atoms with van der Waals surface area (Å²) in [6.45, 7) is 2.13. The minimum absolute atomic E-state index is 0.679. The maximum atomic E-state index is 4.69. The third-order valence-corrected chi connectivity index (χ3v) is 3.48. The fraction of sp³-hybridized carbons (Fsp3) is 0.286. The summed E-state index contributed by atoms with van der Waals surface area (Å²) in [6, 6.07) is 10.4. The van der Waals surface area contributed by atoms with Gasteiger partial charge in [0.15, 0.2) is 0 Å². The monoisotopic (exact) mass is 223 g/mol. The molecule has 0 bridgehead atoms. The first-order valence-corrected chi connectivity index (χ1v) is 6.08. The number of hydrogen-bond acceptors (Lipinski definition) is 2. The Kier molecular flexibility index (Phi) is 1.65. The van der Waals surface area contributed by atoms with Crippen LogP contribution in [0.2, 0.25) is 0 Å². The smallest absolute Gasteiger partial charge is 0.235 e. The second-order valence-electron chi connectivity index (χ2n) is 4.83. The van der Waals surface area contributed by atoms with E-state index in [4.69, 9.17) is 0 Å². The first kappa shape index (κ1) is 9.16. The number of hydrogen-bond donors (Lipinski definition) is 0. The van der Waals surface area contributed by atoms with E-state index in [2.05, 4.69) is 33.4 Å². The van der Waals surface area contributed by atoms with Crippen LogP contribution < -0.4 is 0 Å². The predicted octanol–water partition coefficient (Wildman–Crippen LogP) is 3.07.